The van der Waals surface area contributed by atoms with Gasteiger partial charge in [-0.1, -0.05) is 54.4 Å². The first kappa shape index (κ1) is 23.1. The first-order chi connectivity index (χ1) is 14.3. The highest BCUT2D eigenvalue weighted by Crippen LogP contribution is 2.69. The SMILES string of the molecule is CC[C@@H](CC[C@@H](C)[C@H]1CC[C@H]2[C@@H]3CC[C@H]4[C@@H](CO)CC[C@]4(C)[C@H]3CC[C@]12C)C(C)C. The normalized spacial score (nSPS) is 47.6. The maximum Gasteiger partial charge on any atom is 0.0462 e. The molecule has 0 aromatic rings. The van der Waals surface area contributed by atoms with E-state index in [-0.39, 0.29) is 0 Å². The average molecular weight is 417 g/mol. The van der Waals surface area contributed by atoms with E-state index < -0.39 is 0 Å². The summed E-state index contributed by atoms with van der Waals surface area (Å²) >= 11 is 0. The third kappa shape index (κ3) is 3.62. The van der Waals surface area contributed by atoms with Gasteiger partial charge in [-0.3, -0.25) is 0 Å². The average Bonchev–Trinajstić information content (AvgIpc) is 3.24. The Kier molecular flexibility index (Phi) is 6.72. The molecule has 1 heteroatoms. The van der Waals surface area contributed by atoms with E-state index in [0.717, 1.165) is 47.3 Å². The van der Waals surface area contributed by atoms with E-state index in [0.29, 0.717) is 23.4 Å². The van der Waals surface area contributed by atoms with Crippen molar-refractivity contribution < 1.29 is 5.11 Å². The van der Waals surface area contributed by atoms with E-state index in [9.17, 15) is 5.11 Å². The van der Waals surface area contributed by atoms with Crippen molar-refractivity contribution in [2.24, 2.45) is 64.1 Å². The van der Waals surface area contributed by atoms with Crippen molar-refractivity contribution in [3.8, 4) is 0 Å². The molecule has 0 unspecified atom stereocenters. The topological polar surface area (TPSA) is 20.2 Å². The molecule has 0 aliphatic heterocycles. The van der Waals surface area contributed by atoms with Crippen molar-refractivity contribution in [1.29, 1.82) is 0 Å². The lowest BCUT2D eigenvalue weighted by Crippen LogP contribution is -2.51. The van der Waals surface area contributed by atoms with Crippen LogP contribution in [0.25, 0.3) is 0 Å². The van der Waals surface area contributed by atoms with Gasteiger partial charge in [0.15, 0.2) is 0 Å². The summed E-state index contributed by atoms with van der Waals surface area (Å²) in [6, 6.07) is 0. The fourth-order valence-electron chi connectivity index (χ4n) is 10.2. The predicted octanol–water partition coefficient (Wildman–Crippen LogP) is 7.96. The van der Waals surface area contributed by atoms with Crippen molar-refractivity contribution in [2.75, 3.05) is 6.61 Å². The second-order valence-corrected chi connectivity index (χ2v) is 13.2. The molecule has 30 heavy (non-hydrogen) atoms. The summed E-state index contributed by atoms with van der Waals surface area (Å²) in [5, 5.41) is 9.94. The Hall–Kier alpha value is -0.0400. The molecular formula is C29H52O. The highest BCUT2D eigenvalue weighted by Gasteiger charge is 2.61. The third-order valence-electron chi connectivity index (χ3n) is 12.0. The quantitative estimate of drug-likeness (QED) is 0.446. The molecule has 4 aliphatic rings. The fourth-order valence-corrected chi connectivity index (χ4v) is 10.2. The van der Waals surface area contributed by atoms with Gasteiger partial charge in [-0.05, 0) is 122 Å². The van der Waals surface area contributed by atoms with Crippen molar-refractivity contribution in [2.45, 2.75) is 112 Å². The monoisotopic (exact) mass is 416 g/mol. The summed E-state index contributed by atoms with van der Waals surface area (Å²) in [7, 11) is 0. The summed E-state index contributed by atoms with van der Waals surface area (Å²) in [6.45, 7) is 15.7. The van der Waals surface area contributed by atoms with Gasteiger partial charge < -0.3 is 5.11 Å². The molecule has 0 heterocycles. The van der Waals surface area contributed by atoms with Crippen molar-refractivity contribution >= 4 is 0 Å². The molecule has 174 valence electrons. The van der Waals surface area contributed by atoms with Gasteiger partial charge in [-0.2, -0.15) is 0 Å². The predicted molar refractivity (Wildman–Crippen MR) is 128 cm³/mol. The van der Waals surface area contributed by atoms with Crippen LogP contribution in [0.15, 0.2) is 0 Å². The van der Waals surface area contributed by atoms with Crippen LogP contribution in [0, 0.1) is 64.1 Å². The molecule has 0 radical (unpaired) electrons. The molecular weight excluding hydrogens is 364 g/mol. The summed E-state index contributed by atoms with van der Waals surface area (Å²) in [6.07, 6.45) is 15.8. The van der Waals surface area contributed by atoms with Crippen LogP contribution in [0.5, 0.6) is 0 Å². The van der Waals surface area contributed by atoms with Crippen LogP contribution < -0.4 is 0 Å². The lowest BCUT2D eigenvalue weighted by atomic mass is 9.46. The second-order valence-electron chi connectivity index (χ2n) is 13.2. The molecule has 4 saturated carbocycles. The van der Waals surface area contributed by atoms with Gasteiger partial charge >= 0.3 is 0 Å². The lowest BCUT2D eigenvalue weighted by molar-refractivity contribution is -0.0977. The Morgan fingerprint density at radius 3 is 2.13 bits per heavy atom. The summed E-state index contributed by atoms with van der Waals surface area (Å²) in [4.78, 5) is 0. The largest absolute Gasteiger partial charge is 0.396 e. The summed E-state index contributed by atoms with van der Waals surface area (Å²) < 4.78 is 0. The molecule has 0 spiro atoms. The minimum Gasteiger partial charge on any atom is -0.396 e. The highest BCUT2D eigenvalue weighted by atomic mass is 16.3. The minimum absolute atomic E-state index is 0.438. The van der Waals surface area contributed by atoms with Crippen LogP contribution in [0.2, 0.25) is 0 Å². The Balaban J connectivity index is 1.45. The number of hydrogen-bond acceptors (Lipinski definition) is 1. The van der Waals surface area contributed by atoms with E-state index in [4.69, 9.17) is 0 Å². The number of hydrogen-bond donors (Lipinski definition) is 1. The molecule has 4 aliphatic carbocycles. The zero-order chi connectivity index (χ0) is 21.7. The number of aliphatic hydroxyl groups excluding tert-OH is 1. The molecule has 0 saturated heterocycles. The van der Waals surface area contributed by atoms with Gasteiger partial charge in [-0.15, -0.1) is 0 Å². The van der Waals surface area contributed by atoms with E-state index in [2.05, 4.69) is 41.5 Å². The van der Waals surface area contributed by atoms with E-state index in [1.165, 1.54) is 70.6 Å². The molecule has 10 atom stereocenters. The van der Waals surface area contributed by atoms with Crippen LogP contribution in [-0.4, -0.2) is 11.7 Å². The Labute approximate surface area is 188 Å². The number of rotatable bonds is 7. The molecule has 1 N–H and O–H groups in total. The van der Waals surface area contributed by atoms with Gasteiger partial charge in [-0.25, -0.2) is 0 Å². The molecule has 1 nitrogen and oxygen atoms in total. The first-order valence-corrected chi connectivity index (χ1v) is 13.9. The number of fused-ring (bicyclic) bond motifs is 5. The zero-order valence-electron chi connectivity index (χ0n) is 21.1. The van der Waals surface area contributed by atoms with Crippen LogP contribution in [-0.2, 0) is 0 Å². The molecule has 0 bridgehead atoms. The fraction of sp³-hybridized carbons (Fsp3) is 1.00. The lowest BCUT2D eigenvalue weighted by Gasteiger charge is -2.58. The van der Waals surface area contributed by atoms with Crippen molar-refractivity contribution in [1.82, 2.24) is 0 Å². The van der Waals surface area contributed by atoms with Gasteiger partial charge in [0.1, 0.15) is 0 Å². The molecule has 0 aromatic carbocycles. The summed E-state index contributed by atoms with van der Waals surface area (Å²) in [5.74, 6) is 7.97. The Bertz CT molecular complexity index is 583. The smallest absolute Gasteiger partial charge is 0.0462 e. The van der Waals surface area contributed by atoms with Gasteiger partial charge in [0.05, 0.1) is 0 Å². The molecule has 4 rings (SSSR count). The summed E-state index contributed by atoms with van der Waals surface area (Å²) in [5.41, 5.74) is 1.14. The third-order valence-corrected chi connectivity index (χ3v) is 12.0. The van der Waals surface area contributed by atoms with Gasteiger partial charge in [0.25, 0.3) is 0 Å². The van der Waals surface area contributed by atoms with Gasteiger partial charge in [0.2, 0.25) is 0 Å². The van der Waals surface area contributed by atoms with Crippen LogP contribution >= 0.6 is 0 Å². The highest BCUT2D eigenvalue weighted by molar-refractivity contribution is 5.10. The molecule has 0 aromatic heterocycles. The second kappa shape index (κ2) is 8.72. The van der Waals surface area contributed by atoms with E-state index >= 15 is 0 Å². The molecule has 4 fully saturated rings. The van der Waals surface area contributed by atoms with Crippen molar-refractivity contribution in [3.63, 3.8) is 0 Å². The number of aliphatic hydroxyl groups is 1. The van der Waals surface area contributed by atoms with E-state index in [1.807, 2.05) is 0 Å². The van der Waals surface area contributed by atoms with Crippen LogP contribution in [0.4, 0.5) is 0 Å². The first-order valence-electron chi connectivity index (χ1n) is 13.9. The maximum atomic E-state index is 9.94. The van der Waals surface area contributed by atoms with E-state index in [1.54, 1.807) is 0 Å². The minimum atomic E-state index is 0.438. The zero-order valence-corrected chi connectivity index (χ0v) is 21.1. The standard InChI is InChI=1S/C29H52O/c1-7-21(19(2)3)9-8-20(4)24-12-13-26-23-10-11-25-22(18-30)14-16-29(25,6)27(23)15-17-28(24,26)5/h19-27,30H,7-18H2,1-6H3/t20-,21+,22-,23+,24-,25+,26+,27+,28-,29+/m1/s1. The van der Waals surface area contributed by atoms with Crippen LogP contribution in [0.3, 0.4) is 0 Å². The van der Waals surface area contributed by atoms with Crippen LogP contribution in [0.1, 0.15) is 112 Å². The molecule has 0 amide bonds. The maximum absolute atomic E-state index is 9.94. The van der Waals surface area contributed by atoms with Gasteiger partial charge in [0, 0.05) is 6.61 Å². The Morgan fingerprint density at radius 1 is 0.800 bits per heavy atom. The Morgan fingerprint density at radius 2 is 1.47 bits per heavy atom. The van der Waals surface area contributed by atoms with Crippen molar-refractivity contribution in [3.05, 3.63) is 0 Å².